The van der Waals surface area contributed by atoms with Crippen LogP contribution in [0.25, 0.3) is 0 Å². The van der Waals surface area contributed by atoms with E-state index in [1.165, 1.54) is 12.4 Å². The number of rotatable bonds is 4. The Morgan fingerprint density at radius 2 is 2.35 bits per heavy atom. The molecule has 0 spiro atoms. The largest absolute Gasteiger partial charge is 0.480 e. The van der Waals surface area contributed by atoms with Crippen LogP contribution in [-0.2, 0) is 11.3 Å². The van der Waals surface area contributed by atoms with Crippen molar-refractivity contribution in [2.45, 2.75) is 6.54 Å². The topological polar surface area (TPSA) is 123 Å². The summed E-state index contributed by atoms with van der Waals surface area (Å²) in [4.78, 5) is 22.0. The summed E-state index contributed by atoms with van der Waals surface area (Å²) in [6.07, 6.45) is 2.64. The number of aliphatic carboxylic acids is 1. The molecule has 0 saturated heterocycles. The lowest BCUT2D eigenvalue weighted by Gasteiger charge is -1.95. The molecule has 17 heavy (non-hydrogen) atoms. The van der Waals surface area contributed by atoms with E-state index in [1.54, 1.807) is 0 Å². The molecule has 2 heterocycles. The lowest BCUT2D eigenvalue weighted by atomic mass is 10.4. The van der Waals surface area contributed by atoms with Crippen LogP contribution in [0.4, 0.5) is 5.00 Å². The van der Waals surface area contributed by atoms with Crippen molar-refractivity contribution in [1.29, 1.82) is 0 Å². The minimum atomic E-state index is -1.06. The number of anilines is 1. The van der Waals surface area contributed by atoms with Gasteiger partial charge in [-0.05, 0) is 0 Å². The van der Waals surface area contributed by atoms with Gasteiger partial charge < -0.3 is 10.4 Å². The normalized spacial score (nSPS) is 10.1. The second-order valence-corrected chi connectivity index (χ2v) is 3.72. The molecule has 0 aliphatic rings. The summed E-state index contributed by atoms with van der Waals surface area (Å²) in [6, 6.07) is 0. The van der Waals surface area contributed by atoms with Gasteiger partial charge in [0.25, 0.3) is 5.91 Å². The number of amides is 1. The fourth-order valence-electron chi connectivity index (χ4n) is 1.02. The van der Waals surface area contributed by atoms with Gasteiger partial charge in [0.05, 0.1) is 12.4 Å². The van der Waals surface area contributed by atoms with Crippen molar-refractivity contribution in [2.24, 2.45) is 0 Å². The molecule has 1 amide bonds. The number of carboxylic acids is 1. The Bertz CT molecular complexity index is 536. The Morgan fingerprint density at radius 3 is 3.00 bits per heavy atom. The molecule has 0 atom stereocenters. The van der Waals surface area contributed by atoms with Crippen LogP contribution in [0.5, 0.6) is 0 Å². The first-order chi connectivity index (χ1) is 8.15. The highest BCUT2D eigenvalue weighted by molar-refractivity contribution is 7.10. The Morgan fingerprint density at radius 1 is 1.53 bits per heavy atom. The van der Waals surface area contributed by atoms with Crippen molar-refractivity contribution in [3.05, 3.63) is 18.1 Å². The molecule has 0 aromatic carbocycles. The molecular weight excluding hydrogens is 248 g/mol. The Balaban J connectivity index is 2.04. The van der Waals surface area contributed by atoms with Gasteiger partial charge in [0, 0.05) is 11.5 Å². The Labute approximate surface area is 98.2 Å². The number of nitrogens with zero attached hydrogens (tertiary/aromatic N) is 5. The molecule has 2 rings (SSSR count). The maximum atomic E-state index is 11.6. The molecule has 2 aromatic heterocycles. The van der Waals surface area contributed by atoms with Gasteiger partial charge in [-0.25, -0.2) is 4.68 Å². The van der Waals surface area contributed by atoms with E-state index >= 15 is 0 Å². The molecule has 0 fully saturated rings. The van der Waals surface area contributed by atoms with Gasteiger partial charge in [-0.1, -0.05) is 9.70 Å². The summed E-state index contributed by atoms with van der Waals surface area (Å²) in [5.74, 6) is -1.55. The van der Waals surface area contributed by atoms with E-state index in [0.717, 1.165) is 16.2 Å². The third-order valence-corrected chi connectivity index (χ3v) is 2.25. The molecule has 0 aliphatic heterocycles. The van der Waals surface area contributed by atoms with Gasteiger partial charge in [0.15, 0.2) is 5.69 Å². The number of carbonyl (C=O) groups is 2. The van der Waals surface area contributed by atoms with Gasteiger partial charge in [0.2, 0.25) is 0 Å². The predicted octanol–water partition coefficient (Wildman–Crippen LogP) is -0.533. The fraction of sp³-hybridized carbons (Fsp3) is 0.143. The summed E-state index contributed by atoms with van der Waals surface area (Å²) in [6.45, 7) is -0.345. The number of nitrogens with one attached hydrogen (secondary N) is 1. The zero-order valence-electron chi connectivity index (χ0n) is 8.27. The Kier molecular flexibility index (Phi) is 3.05. The quantitative estimate of drug-likeness (QED) is 0.751. The first-order valence-corrected chi connectivity index (χ1v) is 5.13. The minimum absolute atomic E-state index is 0.0275. The van der Waals surface area contributed by atoms with E-state index in [-0.39, 0.29) is 12.2 Å². The number of hydrogen-bond donors (Lipinski definition) is 2. The third kappa shape index (κ3) is 2.81. The van der Waals surface area contributed by atoms with Crippen molar-refractivity contribution in [2.75, 3.05) is 5.32 Å². The molecule has 0 aliphatic carbocycles. The number of carboxylic acid groups (broad SMARTS) is 1. The van der Waals surface area contributed by atoms with Crippen molar-refractivity contribution >= 4 is 28.4 Å². The van der Waals surface area contributed by atoms with Crippen molar-refractivity contribution < 1.29 is 14.7 Å². The molecular formula is C7H6N6O3S. The van der Waals surface area contributed by atoms with Crippen LogP contribution in [0.3, 0.4) is 0 Å². The van der Waals surface area contributed by atoms with E-state index in [4.69, 9.17) is 5.11 Å². The van der Waals surface area contributed by atoms with Gasteiger partial charge >= 0.3 is 5.97 Å². The average Bonchev–Trinajstić information content (AvgIpc) is 2.87. The monoisotopic (exact) mass is 254 g/mol. The van der Waals surface area contributed by atoms with Gasteiger partial charge in [0.1, 0.15) is 11.5 Å². The number of aromatic nitrogens is 5. The van der Waals surface area contributed by atoms with Crippen molar-refractivity contribution in [1.82, 2.24) is 24.6 Å². The van der Waals surface area contributed by atoms with E-state index < -0.39 is 11.9 Å². The number of carbonyl (C=O) groups excluding carboxylic acids is 1. The van der Waals surface area contributed by atoms with Crippen molar-refractivity contribution in [3.8, 4) is 0 Å². The molecule has 0 bridgehead atoms. The molecule has 0 radical (unpaired) electrons. The predicted molar refractivity (Wildman–Crippen MR) is 55.5 cm³/mol. The van der Waals surface area contributed by atoms with Gasteiger partial charge in [-0.3, -0.25) is 9.59 Å². The van der Waals surface area contributed by atoms with Crippen LogP contribution >= 0.6 is 11.5 Å². The minimum Gasteiger partial charge on any atom is -0.480 e. The fourth-order valence-corrected chi connectivity index (χ4v) is 1.43. The number of hydrogen-bond acceptors (Lipinski definition) is 7. The zero-order chi connectivity index (χ0) is 12.3. The Hall–Kier alpha value is -2.36. The summed E-state index contributed by atoms with van der Waals surface area (Å²) >= 11 is 1.02. The second-order valence-electron chi connectivity index (χ2n) is 2.93. The molecule has 10 heteroatoms. The summed E-state index contributed by atoms with van der Waals surface area (Å²) in [5.41, 5.74) is 0.0275. The summed E-state index contributed by atoms with van der Waals surface area (Å²) < 4.78 is 4.63. The lowest BCUT2D eigenvalue weighted by Crippen LogP contribution is -2.11. The van der Waals surface area contributed by atoms with E-state index in [1.807, 2.05) is 0 Å². The molecule has 2 aromatic rings. The van der Waals surface area contributed by atoms with Crippen LogP contribution < -0.4 is 5.32 Å². The summed E-state index contributed by atoms with van der Waals surface area (Å²) in [7, 11) is 0. The highest BCUT2D eigenvalue weighted by Gasteiger charge is 2.12. The lowest BCUT2D eigenvalue weighted by molar-refractivity contribution is -0.137. The SMILES string of the molecule is O=C(O)Cn1cc(C(=O)Nc2cnns2)nn1. The zero-order valence-corrected chi connectivity index (χ0v) is 9.09. The van der Waals surface area contributed by atoms with E-state index in [0.29, 0.717) is 5.00 Å². The van der Waals surface area contributed by atoms with Gasteiger partial charge in [-0.15, -0.1) is 10.2 Å². The highest BCUT2D eigenvalue weighted by atomic mass is 32.1. The first-order valence-electron chi connectivity index (χ1n) is 4.36. The molecule has 9 nitrogen and oxygen atoms in total. The smallest absolute Gasteiger partial charge is 0.325 e. The van der Waals surface area contributed by atoms with E-state index in [2.05, 4.69) is 25.2 Å². The summed E-state index contributed by atoms with van der Waals surface area (Å²) in [5, 5.41) is 22.1. The maximum Gasteiger partial charge on any atom is 0.325 e. The van der Waals surface area contributed by atoms with Crippen molar-refractivity contribution in [3.63, 3.8) is 0 Å². The third-order valence-electron chi connectivity index (χ3n) is 1.67. The van der Waals surface area contributed by atoms with E-state index in [9.17, 15) is 9.59 Å². The molecule has 2 N–H and O–H groups in total. The standard InChI is InChI=1S/C7H6N6O3S/c14-6(15)3-13-2-4(10-11-13)7(16)9-5-1-8-12-17-5/h1-2H,3H2,(H,9,16)(H,14,15). The van der Waals surface area contributed by atoms with Crippen LogP contribution in [0.1, 0.15) is 10.5 Å². The van der Waals surface area contributed by atoms with Crippen LogP contribution in [0.2, 0.25) is 0 Å². The van der Waals surface area contributed by atoms with Crippen LogP contribution in [0, 0.1) is 0 Å². The molecule has 0 saturated carbocycles. The maximum absolute atomic E-state index is 11.6. The van der Waals surface area contributed by atoms with Crippen LogP contribution in [0.15, 0.2) is 12.4 Å². The molecule has 0 unspecified atom stereocenters. The molecule has 88 valence electrons. The highest BCUT2D eigenvalue weighted by Crippen LogP contribution is 2.10. The average molecular weight is 254 g/mol. The first kappa shape index (κ1) is 11.1. The second kappa shape index (κ2) is 4.65. The van der Waals surface area contributed by atoms with Crippen LogP contribution in [-0.4, -0.2) is 41.6 Å². The van der Waals surface area contributed by atoms with Gasteiger partial charge in [-0.2, -0.15) is 0 Å².